The van der Waals surface area contributed by atoms with Crippen molar-refractivity contribution in [2.45, 2.75) is 104 Å². The molecule has 3 heterocycles. The third kappa shape index (κ3) is 9.29. The molecular weight excluding hydrogens is 672 g/mol. The van der Waals surface area contributed by atoms with Crippen molar-refractivity contribution in [2.24, 2.45) is 5.11 Å². The molecule has 1 amide bonds. The van der Waals surface area contributed by atoms with E-state index in [1.807, 2.05) is 0 Å². The number of rotatable bonds is 15. The van der Waals surface area contributed by atoms with Gasteiger partial charge in [0.1, 0.15) is 80.3 Å². The maximum atomic E-state index is 12.5. The summed E-state index contributed by atoms with van der Waals surface area (Å²) in [6.45, 7) is -4.02. The third-order valence-corrected chi connectivity index (χ3v) is 8.01. The van der Waals surface area contributed by atoms with E-state index in [1.165, 1.54) is 0 Å². The molecule has 3 aliphatic heterocycles. The Balaban J connectivity index is 1.82. The highest BCUT2D eigenvalue weighted by molar-refractivity contribution is 5.79. The number of nitrogens with zero attached hydrogens (tertiary/aromatic N) is 3. The van der Waals surface area contributed by atoms with Crippen LogP contribution < -0.4 is 5.32 Å². The first-order chi connectivity index (χ1) is 23.2. The van der Waals surface area contributed by atoms with Crippen molar-refractivity contribution in [2.75, 3.05) is 33.0 Å². The number of hydrogen-bond donors (Lipinski definition) is 12. The topological polar surface area (TPSA) is 373 Å². The van der Waals surface area contributed by atoms with Crippen LogP contribution in [-0.2, 0) is 38.0 Å². The Kier molecular flexibility index (Phi) is 14.8. The second-order valence-electron chi connectivity index (χ2n) is 11.3. The van der Waals surface area contributed by atoms with Gasteiger partial charge in [0.2, 0.25) is 5.91 Å². The molecule has 0 spiro atoms. The lowest BCUT2D eigenvalue weighted by Gasteiger charge is -2.48. The molecule has 12 N–H and O–H groups in total. The number of carboxylic acid groups (broad SMARTS) is 1. The Hall–Kier alpha value is -2.83. The van der Waals surface area contributed by atoms with Crippen molar-refractivity contribution >= 4 is 11.9 Å². The number of azide groups is 1. The van der Waals surface area contributed by atoms with Crippen molar-refractivity contribution in [3.63, 3.8) is 0 Å². The first-order valence-corrected chi connectivity index (χ1v) is 14.7. The highest BCUT2D eigenvalue weighted by atomic mass is 16.8. The van der Waals surface area contributed by atoms with Crippen molar-refractivity contribution in [1.82, 2.24) is 5.32 Å². The zero-order valence-corrected chi connectivity index (χ0v) is 25.5. The Labute approximate surface area is 276 Å². The smallest absolute Gasteiger partial charge is 0.364 e. The van der Waals surface area contributed by atoms with Crippen LogP contribution in [0.4, 0.5) is 0 Å². The minimum Gasteiger partial charge on any atom is -0.477 e. The summed E-state index contributed by atoms with van der Waals surface area (Å²) in [6, 6.07) is -1.66. The minimum absolute atomic E-state index is 0.332. The van der Waals surface area contributed by atoms with Gasteiger partial charge in [-0.25, -0.2) is 4.79 Å². The monoisotopic (exact) mass is 712 g/mol. The number of aliphatic hydroxyl groups is 10. The largest absolute Gasteiger partial charge is 0.477 e. The Bertz CT molecular complexity index is 1200. The Morgan fingerprint density at radius 2 is 1.67 bits per heavy atom. The van der Waals surface area contributed by atoms with E-state index in [-0.39, 0.29) is 6.61 Å². The zero-order valence-electron chi connectivity index (χ0n) is 25.5. The van der Waals surface area contributed by atoms with Gasteiger partial charge in [-0.15, -0.1) is 6.42 Å². The molecule has 23 heteroatoms. The van der Waals surface area contributed by atoms with Gasteiger partial charge in [-0.1, -0.05) is 11.0 Å². The second kappa shape index (κ2) is 17.9. The number of hydrogen-bond acceptors (Lipinski definition) is 19. The van der Waals surface area contributed by atoms with Gasteiger partial charge in [-0.05, 0) is 5.53 Å². The number of nitrogens with one attached hydrogen (secondary N) is 1. The summed E-state index contributed by atoms with van der Waals surface area (Å²) in [5.41, 5.74) is 8.45. The van der Waals surface area contributed by atoms with E-state index in [0.29, 0.717) is 0 Å². The number of ether oxygens (including phenoxy) is 6. The zero-order chi connectivity index (χ0) is 36.6. The van der Waals surface area contributed by atoms with Crippen LogP contribution in [-0.4, -0.2) is 199 Å². The predicted octanol–water partition coefficient (Wildman–Crippen LogP) is -7.28. The Morgan fingerprint density at radius 1 is 1.02 bits per heavy atom. The second-order valence-corrected chi connectivity index (χ2v) is 11.3. The summed E-state index contributed by atoms with van der Waals surface area (Å²) in [5.74, 6) is -3.71. The molecule has 16 atom stereocenters. The molecule has 0 bridgehead atoms. The highest BCUT2D eigenvalue weighted by Gasteiger charge is 2.57. The molecule has 3 fully saturated rings. The fourth-order valence-corrected chi connectivity index (χ4v) is 5.40. The number of terminal acetylenes is 1. The Morgan fingerprint density at radius 3 is 2.27 bits per heavy atom. The van der Waals surface area contributed by atoms with Crippen LogP contribution in [0, 0.1) is 12.3 Å². The van der Waals surface area contributed by atoms with Crippen LogP contribution in [0.3, 0.4) is 0 Å². The molecular formula is C26H40N4O19. The summed E-state index contributed by atoms with van der Waals surface area (Å²) >= 11 is 0. The van der Waals surface area contributed by atoms with Crippen molar-refractivity contribution in [3.05, 3.63) is 10.4 Å². The molecule has 0 radical (unpaired) electrons. The molecule has 3 rings (SSSR count). The quantitative estimate of drug-likeness (QED) is 0.0325. The van der Waals surface area contributed by atoms with Crippen LogP contribution in [0.2, 0.25) is 0 Å². The molecule has 23 nitrogen and oxygen atoms in total. The van der Waals surface area contributed by atoms with Gasteiger partial charge in [0.25, 0.3) is 5.79 Å². The van der Waals surface area contributed by atoms with E-state index in [4.69, 9.17) is 40.4 Å². The van der Waals surface area contributed by atoms with Gasteiger partial charge in [-0.3, -0.25) is 4.79 Å². The fraction of sp³-hybridized carbons (Fsp3) is 0.846. The van der Waals surface area contributed by atoms with E-state index in [0.717, 1.165) is 0 Å². The van der Waals surface area contributed by atoms with Crippen LogP contribution in [0.25, 0.3) is 10.4 Å². The fourth-order valence-electron chi connectivity index (χ4n) is 5.40. The summed E-state index contributed by atoms with van der Waals surface area (Å²) in [6.07, 6.45) is -22.0. The average molecular weight is 713 g/mol. The summed E-state index contributed by atoms with van der Waals surface area (Å²) in [4.78, 5) is 27.1. The molecule has 0 aromatic heterocycles. The number of carbonyl (C=O) groups excluding carboxylic acids is 1. The van der Waals surface area contributed by atoms with Gasteiger partial charge < -0.3 is 89.9 Å². The number of carboxylic acids is 1. The number of carbonyl (C=O) groups is 2. The normalized spacial score (nSPS) is 40.7. The molecule has 3 aliphatic rings. The lowest BCUT2D eigenvalue weighted by Crippen LogP contribution is -2.69. The van der Waals surface area contributed by atoms with Crippen LogP contribution in [0.5, 0.6) is 0 Å². The molecule has 3 saturated heterocycles. The number of aliphatic carboxylic acids is 1. The highest BCUT2D eigenvalue weighted by Crippen LogP contribution is 2.35. The van der Waals surface area contributed by atoms with E-state index in [2.05, 4.69) is 21.3 Å². The van der Waals surface area contributed by atoms with Crippen LogP contribution in [0.1, 0.15) is 6.42 Å². The summed E-state index contributed by atoms with van der Waals surface area (Å²) in [5, 5.41) is 119. The van der Waals surface area contributed by atoms with Crippen molar-refractivity contribution in [3.8, 4) is 12.3 Å². The third-order valence-electron chi connectivity index (χ3n) is 8.01. The SMILES string of the molecule is C#CCO[C@@H]1O[C@H](CO)[C@@H](O[C@@H]2O[C@H](CO[C@]3(C(=O)O)C[C@H](O)[C@@H](NC(=O)CN=[N+]=[N-])[C@H]([C@H](O)[C@H](O)CO)O3)[C@H](O)[C@H](O)[C@H]2O)[C@H](O)[C@H]1O. The van der Waals surface area contributed by atoms with Gasteiger partial charge in [-0.2, -0.15) is 0 Å². The van der Waals surface area contributed by atoms with Crippen molar-refractivity contribution in [1.29, 1.82) is 0 Å². The number of amides is 1. The predicted molar refractivity (Wildman–Crippen MR) is 151 cm³/mol. The molecule has 0 aromatic rings. The van der Waals surface area contributed by atoms with Gasteiger partial charge in [0.05, 0.1) is 32.0 Å². The maximum Gasteiger partial charge on any atom is 0.364 e. The maximum absolute atomic E-state index is 12.5. The molecule has 0 unspecified atom stereocenters. The molecule has 49 heavy (non-hydrogen) atoms. The molecule has 278 valence electrons. The van der Waals surface area contributed by atoms with Crippen LogP contribution in [0.15, 0.2) is 5.11 Å². The minimum atomic E-state index is -2.92. The first kappa shape index (κ1) is 40.6. The van der Waals surface area contributed by atoms with E-state index >= 15 is 0 Å². The number of aliphatic hydroxyl groups excluding tert-OH is 10. The van der Waals surface area contributed by atoms with Gasteiger partial charge in [0, 0.05) is 11.3 Å². The molecule has 0 aliphatic carbocycles. The first-order valence-electron chi connectivity index (χ1n) is 14.7. The van der Waals surface area contributed by atoms with Gasteiger partial charge in [0.15, 0.2) is 12.6 Å². The van der Waals surface area contributed by atoms with Gasteiger partial charge >= 0.3 is 5.97 Å². The van der Waals surface area contributed by atoms with E-state index < -0.39 is 142 Å². The lowest BCUT2D eigenvalue weighted by atomic mass is 9.88. The van der Waals surface area contributed by atoms with E-state index in [9.17, 15) is 65.8 Å². The lowest BCUT2D eigenvalue weighted by molar-refractivity contribution is -0.366. The standard InChI is InChI=1S/C26H40N4O19/c1-2-3-44-23-20(41)18(39)21(11(7-32)46-23)48-24-19(40)17(38)16(37)12(47-24)8-45-26(25(42)43)4-9(33)14(29-13(35)5-28-30-27)22(49-26)15(36)10(34)6-31/h1,9-12,14-24,31-34,36-41H,3-8H2,(H,29,35)(H,42,43)/t9-,10+,11+,12+,14+,15+,16-,17-,18+,19+,20+,21+,22+,23+,24-,26+/m0/s1. The summed E-state index contributed by atoms with van der Waals surface area (Å²) < 4.78 is 32.5. The summed E-state index contributed by atoms with van der Waals surface area (Å²) in [7, 11) is 0. The van der Waals surface area contributed by atoms with Crippen LogP contribution >= 0.6 is 0 Å². The van der Waals surface area contributed by atoms with E-state index in [1.54, 1.807) is 0 Å². The average Bonchev–Trinajstić information content (AvgIpc) is 3.08. The molecule has 0 aromatic carbocycles. The van der Waals surface area contributed by atoms with Crippen molar-refractivity contribution < 1.29 is 94.2 Å². The molecule has 0 saturated carbocycles.